The van der Waals surface area contributed by atoms with Crippen molar-refractivity contribution in [3.05, 3.63) is 35.9 Å². The number of nitrogens with one attached hydrogen (secondary N) is 1. The number of nitrogens with zero attached hydrogens (tertiary/aromatic N) is 1. The summed E-state index contributed by atoms with van der Waals surface area (Å²) in [5.41, 5.74) is 1.03. The van der Waals surface area contributed by atoms with Gasteiger partial charge < -0.3 is 15.3 Å². The van der Waals surface area contributed by atoms with E-state index >= 15 is 0 Å². The molecule has 23 heavy (non-hydrogen) atoms. The Morgan fingerprint density at radius 1 is 1.09 bits per heavy atom. The van der Waals surface area contributed by atoms with Crippen LogP contribution in [0.3, 0.4) is 0 Å². The highest BCUT2D eigenvalue weighted by Gasteiger charge is 2.19. The summed E-state index contributed by atoms with van der Waals surface area (Å²) in [5.74, 6) is 0. The van der Waals surface area contributed by atoms with Gasteiger partial charge in [0.05, 0.1) is 6.10 Å². The van der Waals surface area contributed by atoms with Crippen molar-refractivity contribution >= 4 is 0 Å². The van der Waals surface area contributed by atoms with Gasteiger partial charge in [-0.1, -0.05) is 56.5 Å². The SMILES string of the molecule is CCCC[C@H](NCCCN1CCCCC1)[C@H](O)c1ccccc1. The van der Waals surface area contributed by atoms with Gasteiger partial charge in [0.15, 0.2) is 0 Å². The largest absolute Gasteiger partial charge is 0.387 e. The van der Waals surface area contributed by atoms with E-state index in [1.807, 2.05) is 30.3 Å². The average Bonchev–Trinajstić information content (AvgIpc) is 2.62. The Bertz CT molecular complexity index is 403. The van der Waals surface area contributed by atoms with E-state index in [0.717, 1.165) is 24.9 Å². The zero-order valence-corrected chi connectivity index (χ0v) is 14.7. The van der Waals surface area contributed by atoms with Gasteiger partial charge in [-0.2, -0.15) is 0 Å². The third-order valence-electron chi connectivity index (χ3n) is 4.90. The normalized spacial score (nSPS) is 18.7. The lowest BCUT2D eigenvalue weighted by Crippen LogP contribution is -2.38. The number of hydrogen-bond acceptors (Lipinski definition) is 3. The average molecular weight is 319 g/mol. The standard InChI is InChI=1S/C20H34N2O/c1-2-3-13-19(20(23)18-11-6-4-7-12-18)21-14-10-17-22-15-8-5-9-16-22/h4,6-7,11-12,19-21,23H,2-3,5,8-10,13-17H2,1H3/t19-,20+/m0/s1. The molecule has 0 unspecified atom stereocenters. The lowest BCUT2D eigenvalue weighted by atomic mass is 9.97. The molecule has 0 saturated carbocycles. The molecule has 1 aliphatic rings. The summed E-state index contributed by atoms with van der Waals surface area (Å²) in [5, 5.41) is 14.3. The number of benzene rings is 1. The van der Waals surface area contributed by atoms with E-state index in [1.165, 1.54) is 51.7 Å². The Morgan fingerprint density at radius 2 is 1.83 bits per heavy atom. The molecule has 0 radical (unpaired) electrons. The van der Waals surface area contributed by atoms with E-state index in [9.17, 15) is 5.11 Å². The third kappa shape index (κ3) is 6.62. The topological polar surface area (TPSA) is 35.5 Å². The highest BCUT2D eigenvalue weighted by molar-refractivity contribution is 5.18. The van der Waals surface area contributed by atoms with Crippen molar-refractivity contribution in [1.29, 1.82) is 0 Å². The molecule has 3 heteroatoms. The van der Waals surface area contributed by atoms with Crippen LogP contribution >= 0.6 is 0 Å². The molecule has 1 fully saturated rings. The zero-order valence-electron chi connectivity index (χ0n) is 14.7. The number of hydrogen-bond donors (Lipinski definition) is 2. The molecule has 0 amide bonds. The molecule has 0 aliphatic carbocycles. The number of aliphatic hydroxyl groups excluding tert-OH is 1. The van der Waals surface area contributed by atoms with E-state index in [2.05, 4.69) is 17.1 Å². The fraction of sp³-hybridized carbons (Fsp3) is 0.700. The summed E-state index contributed by atoms with van der Waals surface area (Å²) in [4.78, 5) is 2.58. The molecule has 0 bridgehead atoms. The zero-order chi connectivity index (χ0) is 16.3. The maximum absolute atomic E-state index is 10.7. The van der Waals surface area contributed by atoms with E-state index in [0.29, 0.717) is 0 Å². The first-order chi connectivity index (χ1) is 11.3. The molecule has 2 N–H and O–H groups in total. The van der Waals surface area contributed by atoms with E-state index in [4.69, 9.17) is 0 Å². The van der Waals surface area contributed by atoms with Gasteiger partial charge in [0.1, 0.15) is 0 Å². The molecule has 0 spiro atoms. The molecule has 3 nitrogen and oxygen atoms in total. The molecule has 1 aliphatic heterocycles. The molecule has 130 valence electrons. The quantitative estimate of drug-likeness (QED) is 0.645. The van der Waals surface area contributed by atoms with Crippen molar-refractivity contribution in [3.63, 3.8) is 0 Å². The maximum atomic E-state index is 10.7. The molecule has 1 saturated heterocycles. The number of aliphatic hydroxyl groups is 1. The van der Waals surface area contributed by atoms with Crippen molar-refractivity contribution in [1.82, 2.24) is 10.2 Å². The van der Waals surface area contributed by atoms with Crippen molar-refractivity contribution < 1.29 is 5.11 Å². The van der Waals surface area contributed by atoms with Gasteiger partial charge in [0, 0.05) is 6.04 Å². The van der Waals surface area contributed by atoms with Crippen LogP contribution in [0.1, 0.15) is 63.5 Å². The maximum Gasteiger partial charge on any atom is 0.0942 e. The Labute approximate surface area is 142 Å². The Kier molecular flexibility index (Phi) is 8.66. The lowest BCUT2D eigenvalue weighted by Gasteiger charge is -2.28. The second-order valence-electron chi connectivity index (χ2n) is 6.81. The summed E-state index contributed by atoms with van der Waals surface area (Å²) in [6.07, 6.45) is 8.26. The predicted octanol–water partition coefficient (Wildman–Crippen LogP) is 3.74. The molecule has 1 aromatic rings. The van der Waals surface area contributed by atoms with Gasteiger partial charge in [0.25, 0.3) is 0 Å². The van der Waals surface area contributed by atoms with Crippen LogP contribution in [0, 0.1) is 0 Å². The first-order valence-electron chi connectivity index (χ1n) is 9.50. The third-order valence-corrected chi connectivity index (χ3v) is 4.90. The van der Waals surface area contributed by atoms with Crippen molar-refractivity contribution in [2.45, 2.75) is 64.0 Å². The predicted molar refractivity (Wildman–Crippen MR) is 97.6 cm³/mol. The number of likely N-dealkylation sites (tertiary alicyclic amines) is 1. The molecule has 1 heterocycles. The summed E-state index contributed by atoms with van der Waals surface area (Å²) in [6.45, 7) is 6.93. The van der Waals surface area contributed by atoms with Gasteiger partial charge in [-0.25, -0.2) is 0 Å². The van der Waals surface area contributed by atoms with Crippen LogP contribution in [-0.2, 0) is 0 Å². The van der Waals surface area contributed by atoms with E-state index in [-0.39, 0.29) is 6.04 Å². The number of unbranched alkanes of at least 4 members (excludes halogenated alkanes) is 1. The highest BCUT2D eigenvalue weighted by Crippen LogP contribution is 2.20. The van der Waals surface area contributed by atoms with Crippen molar-refractivity contribution in [2.75, 3.05) is 26.2 Å². The second kappa shape index (κ2) is 10.8. The number of piperidine rings is 1. The number of rotatable bonds is 10. The molecule has 2 rings (SSSR count). The van der Waals surface area contributed by atoms with Crippen LogP contribution in [0.25, 0.3) is 0 Å². The lowest BCUT2D eigenvalue weighted by molar-refractivity contribution is 0.121. The smallest absolute Gasteiger partial charge is 0.0942 e. The minimum Gasteiger partial charge on any atom is -0.387 e. The first kappa shape index (κ1) is 18.4. The Balaban J connectivity index is 1.76. The van der Waals surface area contributed by atoms with Gasteiger partial charge >= 0.3 is 0 Å². The van der Waals surface area contributed by atoms with Gasteiger partial charge in [-0.15, -0.1) is 0 Å². The van der Waals surface area contributed by atoms with Gasteiger partial charge in [-0.3, -0.25) is 0 Å². The van der Waals surface area contributed by atoms with Gasteiger partial charge in [-0.05, 0) is 57.4 Å². The monoisotopic (exact) mass is 318 g/mol. The Morgan fingerprint density at radius 3 is 2.52 bits per heavy atom. The summed E-state index contributed by atoms with van der Waals surface area (Å²) < 4.78 is 0. The van der Waals surface area contributed by atoms with E-state index < -0.39 is 6.10 Å². The molecular weight excluding hydrogens is 284 g/mol. The van der Waals surface area contributed by atoms with Crippen LogP contribution in [0.5, 0.6) is 0 Å². The minimum atomic E-state index is -0.405. The molecule has 1 aromatic carbocycles. The second-order valence-corrected chi connectivity index (χ2v) is 6.81. The summed E-state index contributed by atoms with van der Waals surface area (Å²) in [7, 11) is 0. The van der Waals surface area contributed by atoms with Crippen LogP contribution in [-0.4, -0.2) is 42.2 Å². The molecular formula is C20H34N2O. The first-order valence-corrected chi connectivity index (χ1v) is 9.50. The van der Waals surface area contributed by atoms with Crippen LogP contribution < -0.4 is 5.32 Å². The van der Waals surface area contributed by atoms with Crippen molar-refractivity contribution in [2.24, 2.45) is 0 Å². The van der Waals surface area contributed by atoms with Gasteiger partial charge in [0.2, 0.25) is 0 Å². The van der Waals surface area contributed by atoms with Crippen LogP contribution in [0.15, 0.2) is 30.3 Å². The highest BCUT2D eigenvalue weighted by atomic mass is 16.3. The fourth-order valence-electron chi connectivity index (χ4n) is 3.45. The minimum absolute atomic E-state index is 0.165. The van der Waals surface area contributed by atoms with Crippen LogP contribution in [0.4, 0.5) is 0 Å². The summed E-state index contributed by atoms with van der Waals surface area (Å²) >= 11 is 0. The molecule has 2 atom stereocenters. The molecule has 0 aromatic heterocycles. The van der Waals surface area contributed by atoms with Crippen LogP contribution in [0.2, 0.25) is 0 Å². The Hall–Kier alpha value is -0.900. The van der Waals surface area contributed by atoms with Crippen molar-refractivity contribution in [3.8, 4) is 0 Å². The fourth-order valence-corrected chi connectivity index (χ4v) is 3.45. The van der Waals surface area contributed by atoms with E-state index in [1.54, 1.807) is 0 Å². The summed E-state index contributed by atoms with van der Waals surface area (Å²) in [6, 6.07) is 10.2.